The largest absolute Gasteiger partial charge is 0.497 e. The topological polar surface area (TPSA) is 96.0 Å². The minimum absolute atomic E-state index is 0.0224. The molecule has 2 aromatic carbocycles. The Kier molecular flexibility index (Phi) is 10.7. The van der Waals surface area contributed by atoms with Crippen LogP contribution in [0, 0.1) is 5.82 Å². The van der Waals surface area contributed by atoms with Crippen LogP contribution in [-0.4, -0.2) is 57.1 Å². The maximum absolute atomic E-state index is 14.4. The first-order valence-corrected chi connectivity index (χ1v) is 13.8. The van der Waals surface area contributed by atoms with E-state index < -0.39 is 21.9 Å². The SMILES string of the molecule is CC[C@H](C)NC(=O)[C@@H](C)N(Cc1ccccc1F)C(=O)CCCN(c1cccc(OC)c1)S(C)(=O)=O. The van der Waals surface area contributed by atoms with Gasteiger partial charge in [0.15, 0.2) is 0 Å². The van der Waals surface area contributed by atoms with Crippen LogP contribution in [-0.2, 0) is 26.2 Å². The predicted molar refractivity (Wildman–Crippen MR) is 139 cm³/mol. The minimum Gasteiger partial charge on any atom is -0.497 e. The summed E-state index contributed by atoms with van der Waals surface area (Å²) in [6.07, 6.45) is 2.01. The number of nitrogens with one attached hydrogen (secondary N) is 1. The second-order valence-corrected chi connectivity index (χ2v) is 10.7. The fourth-order valence-corrected chi connectivity index (χ4v) is 4.59. The van der Waals surface area contributed by atoms with E-state index in [2.05, 4.69) is 5.32 Å². The molecule has 8 nitrogen and oxygen atoms in total. The predicted octanol–water partition coefficient (Wildman–Crippen LogP) is 3.71. The van der Waals surface area contributed by atoms with Gasteiger partial charge in [-0.15, -0.1) is 0 Å². The summed E-state index contributed by atoms with van der Waals surface area (Å²) in [4.78, 5) is 27.4. The lowest BCUT2D eigenvalue weighted by Crippen LogP contribution is -2.49. The van der Waals surface area contributed by atoms with E-state index in [9.17, 15) is 22.4 Å². The van der Waals surface area contributed by atoms with Gasteiger partial charge in [-0.1, -0.05) is 31.2 Å². The highest BCUT2D eigenvalue weighted by molar-refractivity contribution is 7.92. The van der Waals surface area contributed by atoms with Crippen LogP contribution in [0.1, 0.15) is 45.6 Å². The second kappa shape index (κ2) is 13.2. The number of benzene rings is 2. The van der Waals surface area contributed by atoms with E-state index in [-0.39, 0.29) is 43.8 Å². The van der Waals surface area contributed by atoms with Crippen molar-refractivity contribution in [2.24, 2.45) is 0 Å². The molecule has 0 aliphatic rings. The average Bonchev–Trinajstić information content (AvgIpc) is 2.84. The summed E-state index contributed by atoms with van der Waals surface area (Å²) in [5.74, 6) is -0.659. The molecule has 0 unspecified atom stereocenters. The van der Waals surface area contributed by atoms with E-state index in [4.69, 9.17) is 4.74 Å². The summed E-state index contributed by atoms with van der Waals surface area (Å²) in [6.45, 7) is 5.39. The number of sulfonamides is 1. The third-order valence-corrected chi connectivity index (χ3v) is 7.15. The zero-order valence-electron chi connectivity index (χ0n) is 21.5. The fourth-order valence-electron chi connectivity index (χ4n) is 3.63. The van der Waals surface area contributed by atoms with Crippen LogP contribution >= 0.6 is 0 Å². The summed E-state index contributed by atoms with van der Waals surface area (Å²) in [5, 5.41) is 2.87. The third-order valence-electron chi connectivity index (χ3n) is 5.96. The maximum Gasteiger partial charge on any atom is 0.242 e. The molecule has 0 fully saturated rings. The number of amides is 2. The lowest BCUT2D eigenvalue weighted by molar-refractivity contribution is -0.141. The number of hydrogen-bond donors (Lipinski definition) is 1. The summed E-state index contributed by atoms with van der Waals surface area (Å²) in [7, 11) is -2.13. The first-order valence-electron chi connectivity index (χ1n) is 11.9. The molecule has 2 amide bonds. The first-order chi connectivity index (χ1) is 17.0. The number of ether oxygens (including phenoxy) is 1. The average molecular weight is 522 g/mol. The quantitative estimate of drug-likeness (QED) is 0.434. The second-order valence-electron chi connectivity index (χ2n) is 8.75. The normalized spacial score (nSPS) is 12.9. The number of methoxy groups -OCH3 is 1. The Bertz CT molecular complexity index is 1140. The van der Waals surface area contributed by atoms with Crippen molar-refractivity contribution < 1.29 is 27.1 Å². The van der Waals surface area contributed by atoms with Gasteiger partial charge < -0.3 is 15.0 Å². The minimum atomic E-state index is -3.62. The van der Waals surface area contributed by atoms with Gasteiger partial charge in [-0.05, 0) is 44.9 Å². The van der Waals surface area contributed by atoms with Crippen molar-refractivity contribution in [3.63, 3.8) is 0 Å². The number of halogens is 1. The van der Waals surface area contributed by atoms with E-state index in [1.165, 1.54) is 22.4 Å². The van der Waals surface area contributed by atoms with Crippen LogP contribution in [0.15, 0.2) is 48.5 Å². The molecule has 1 N–H and O–H groups in total. The summed E-state index contributed by atoms with van der Waals surface area (Å²) >= 11 is 0. The first kappa shape index (κ1) is 29.1. The molecular weight excluding hydrogens is 485 g/mol. The van der Waals surface area contributed by atoms with E-state index >= 15 is 0 Å². The number of nitrogens with zero attached hydrogens (tertiary/aromatic N) is 2. The molecule has 2 rings (SSSR count). The Morgan fingerprint density at radius 1 is 1.11 bits per heavy atom. The molecule has 198 valence electrons. The molecule has 0 aliphatic heterocycles. The summed E-state index contributed by atoms with van der Waals surface area (Å²) in [5.41, 5.74) is 0.719. The molecule has 0 bridgehead atoms. The number of rotatable bonds is 13. The lowest BCUT2D eigenvalue weighted by Gasteiger charge is -2.30. The van der Waals surface area contributed by atoms with Crippen molar-refractivity contribution in [2.75, 3.05) is 24.2 Å². The van der Waals surface area contributed by atoms with Gasteiger partial charge in [0.2, 0.25) is 21.8 Å². The molecule has 0 radical (unpaired) electrons. The standard InChI is InChI=1S/C26H36FN3O5S/c1-6-19(2)28-26(32)20(3)29(18-21-11-7-8-14-24(21)27)25(31)15-10-16-30(36(5,33)34)22-12-9-13-23(17-22)35-4/h7-9,11-14,17,19-20H,6,10,15-16,18H2,1-5H3,(H,28,32)/t19-,20+/m0/s1. The zero-order chi connectivity index (χ0) is 26.9. The molecule has 0 saturated carbocycles. The summed E-state index contributed by atoms with van der Waals surface area (Å²) < 4.78 is 45.6. The maximum atomic E-state index is 14.4. The van der Waals surface area contributed by atoms with Gasteiger partial charge in [0.25, 0.3) is 0 Å². The van der Waals surface area contributed by atoms with Crippen LogP contribution in [0.3, 0.4) is 0 Å². The highest BCUT2D eigenvalue weighted by atomic mass is 32.2. The zero-order valence-corrected chi connectivity index (χ0v) is 22.3. The summed E-state index contributed by atoms with van der Waals surface area (Å²) in [6, 6.07) is 11.8. The van der Waals surface area contributed by atoms with Crippen molar-refractivity contribution in [2.45, 2.75) is 58.7 Å². The Hall–Kier alpha value is -3.14. The van der Waals surface area contributed by atoms with E-state index in [0.29, 0.717) is 17.0 Å². The third kappa shape index (κ3) is 8.22. The molecule has 0 spiro atoms. The van der Waals surface area contributed by atoms with Gasteiger partial charge in [-0.2, -0.15) is 0 Å². The van der Waals surface area contributed by atoms with Crippen molar-refractivity contribution in [3.05, 3.63) is 59.9 Å². The molecular formula is C26H36FN3O5S. The molecule has 36 heavy (non-hydrogen) atoms. The highest BCUT2D eigenvalue weighted by Gasteiger charge is 2.28. The fraction of sp³-hybridized carbons (Fsp3) is 0.462. The number of carbonyl (C=O) groups is 2. The Labute approximate surface area is 213 Å². The van der Waals surface area contributed by atoms with Crippen molar-refractivity contribution in [3.8, 4) is 5.75 Å². The molecule has 10 heteroatoms. The van der Waals surface area contributed by atoms with Crippen molar-refractivity contribution in [1.82, 2.24) is 10.2 Å². The van der Waals surface area contributed by atoms with Crippen LogP contribution in [0.25, 0.3) is 0 Å². The smallest absolute Gasteiger partial charge is 0.242 e. The Morgan fingerprint density at radius 3 is 2.42 bits per heavy atom. The van der Waals surface area contributed by atoms with Gasteiger partial charge in [-0.3, -0.25) is 13.9 Å². The van der Waals surface area contributed by atoms with Gasteiger partial charge in [0.05, 0.1) is 19.1 Å². The Balaban J connectivity index is 2.19. The van der Waals surface area contributed by atoms with Crippen LogP contribution < -0.4 is 14.4 Å². The monoisotopic (exact) mass is 521 g/mol. The molecule has 0 aromatic heterocycles. The van der Waals surface area contributed by atoms with Gasteiger partial charge in [0.1, 0.15) is 17.6 Å². The van der Waals surface area contributed by atoms with Gasteiger partial charge in [-0.25, -0.2) is 12.8 Å². The van der Waals surface area contributed by atoms with E-state index in [1.807, 2.05) is 13.8 Å². The number of carbonyl (C=O) groups excluding carboxylic acids is 2. The molecule has 0 aliphatic carbocycles. The number of anilines is 1. The van der Waals surface area contributed by atoms with Crippen molar-refractivity contribution in [1.29, 1.82) is 0 Å². The molecule has 2 aromatic rings. The van der Waals surface area contributed by atoms with Gasteiger partial charge >= 0.3 is 0 Å². The highest BCUT2D eigenvalue weighted by Crippen LogP contribution is 2.24. The van der Waals surface area contributed by atoms with Crippen LogP contribution in [0.2, 0.25) is 0 Å². The van der Waals surface area contributed by atoms with Crippen LogP contribution in [0.4, 0.5) is 10.1 Å². The van der Waals surface area contributed by atoms with Crippen molar-refractivity contribution >= 4 is 27.5 Å². The Morgan fingerprint density at radius 2 is 1.81 bits per heavy atom. The lowest BCUT2D eigenvalue weighted by atomic mass is 10.1. The van der Waals surface area contributed by atoms with E-state index in [0.717, 1.165) is 12.7 Å². The van der Waals surface area contributed by atoms with E-state index in [1.54, 1.807) is 49.4 Å². The van der Waals surface area contributed by atoms with Gasteiger partial charge in [0, 0.05) is 37.2 Å². The molecule has 2 atom stereocenters. The number of hydrogen-bond acceptors (Lipinski definition) is 5. The molecule has 0 saturated heterocycles. The molecule has 0 heterocycles. The van der Waals surface area contributed by atoms with Crippen LogP contribution in [0.5, 0.6) is 5.75 Å².